The number of urea groups is 1. The standard InChI is InChI=1S/C17H26N6O2/c1-4-7-18-15(24)11-20-17(25)19-9-13-6-5-8-22(2)16(13)14-10-21-23(3)12-14/h1,10,12-13,16H,5-9,11H2,2-3H3,(H,18,24)(H2,19,20,25). The van der Waals surface area contributed by atoms with Crippen LogP contribution in [0.1, 0.15) is 24.4 Å². The Labute approximate surface area is 148 Å². The number of hydrogen-bond donors (Lipinski definition) is 3. The molecule has 0 radical (unpaired) electrons. The fraction of sp³-hybridized carbons (Fsp3) is 0.588. The molecule has 8 nitrogen and oxygen atoms in total. The van der Waals surface area contributed by atoms with Crippen molar-refractivity contribution in [2.24, 2.45) is 13.0 Å². The number of carbonyl (C=O) groups is 2. The van der Waals surface area contributed by atoms with Crippen LogP contribution >= 0.6 is 0 Å². The van der Waals surface area contributed by atoms with Crippen LogP contribution in [0.5, 0.6) is 0 Å². The molecule has 2 rings (SSSR count). The molecule has 0 aliphatic carbocycles. The van der Waals surface area contributed by atoms with Crippen LogP contribution in [0.25, 0.3) is 0 Å². The molecule has 1 aliphatic rings. The molecule has 0 saturated carbocycles. The van der Waals surface area contributed by atoms with E-state index < -0.39 is 0 Å². The molecular formula is C17H26N6O2. The second-order valence-corrected chi connectivity index (χ2v) is 6.32. The van der Waals surface area contributed by atoms with Gasteiger partial charge in [-0.15, -0.1) is 6.42 Å². The number of rotatable bonds is 6. The molecule has 136 valence electrons. The highest BCUT2D eigenvalue weighted by atomic mass is 16.2. The minimum atomic E-state index is -0.353. The minimum Gasteiger partial charge on any atom is -0.344 e. The molecule has 2 heterocycles. The van der Waals surface area contributed by atoms with Crippen LogP contribution in [0.3, 0.4) is 0 Å². The van der Waals surface area contributed by atoms with Crippen LogP contribution in [0.4, 0.5) is 4.79 Å². The quantitative estimate of drug-likeness (QED) is 0.625. The molecular weight excluding hydrogens is 320 g/mol. The fourth-order valence-corrected chi connectivity index (χ4v) is 3.25. The first-order chi connectivity index (χ1) is 12.0. The lowest BCUT2D eigenvalue weighted by atomic mass is 9.86. The maximum Gasteiger partial charge on any atom is 0.315 e. The first-order valence-corrected chi connectivity index (χ1v) is 8.42. The van der Waals surface area contributed by atoms with E-state index in [-0.39, 0.29) is 31.1 Å². The van der Waals surface area contributed by atoms with Crippen molar-refractivity contribution in [3.05, 3.63) is 18.0 Å². The number of terminal acetylenes is 1. The first-order valence-electron chi connectivity index (χ1n) is 8.42. The average Bonchev–Trinajstić information content (AvgIpc) is 3.02. The van der Waals surface area contributed by atoms with Crippen molar-refractivity contribution in [1.82, 2.24) is 30.6 Å². The van der Waals surface area contributed by atoms with Crippen molar-refractivity contribution in [1.29, 1.82) is 0 Å². The Balaban J connectivity index is 1.84. The summed E-state index contributed by atoms with van der Waals surface area (Å²) in [5.74, 6) is 2.30. The summed E-state index contributed by atoms with van der Waals surface area (Å²) in [6, 6.07) is -0.129. The zero-order valence-electron chi connectivity index (χ0n) is 14.8. The highest BCUT2D eigenvalue weighted by Crippen LogP contribution is 2.34. The molecule has 0 spiro atoms. The Morgan fingerprint density at radius 3 is 2.84 bits per heavy atom. The number of piperidine rings is 1. The van der Waals surface area contributed by atoms with Gasteiger partial charge in [0.15, 0.2) is 0 Å². The average molecular weight is 346 g/mol. The van der Waals surface area contributed by atoms with Crippen LogP contribution < -0.4 is 16.0 Å². The third-order valence-corrected chi connectivity index (χ3v) is 4.40. The molecule has 1 aromatic rings. The van der Waals surface area contributed by atoms with Gasteiger partial charge >= 0.3 is 6.03 Å². The molecule has 1 aliphatic heterocycles. The van der Waals surface area contributed by atoms with E-state index in [1.54, 1.807) is 4.68 Å². The van der Waals surface area contributed by atoms with Crippen LogP contribution in [0.15, 0.2) is 12.4 Å². The molecule has 1 aromatic heterocycles. The fourth-order valence-electron chi connectivity index (χ4n) is 3.25. The van der Waals surface area contributed by atoms with E-state index in [1.165, 1.54) is 0 Å². The van der Waals surface area contributed by atoms with Crippen molar-refractivity contribution < 1.29 is 9.59 Å². The van der Waals surface area contributed by atoms with Crippen LogP contribution in [0.2, 0.25) is 0 Å². The maximum atomic E-state index is 11.9. The van der Waals surface area contributed by atoms with Gasteiger partial charge in [-0.25, -0.2) is 4.79 Å². The van der Waals surface area contributed by atoms with Gasteiger partial charge in [-0.05, 0) is 32.4 Å². The normalized spacial score (nSPS) is 20.5. The summed E-state index contributed by atoms with van der Waals surface area (Å²) in [5.41, 5.74) is 1.16. The topological polar surface area (TPSA) is 91.3 Å². The Morgan fingerprint density at radius 1 is 1.36 bits per heavy atom. The van der Waals surface area contributed by atoms with Gasteiger partial charge in [0.1, 0.15) is 0 Å². The molecule has 1 fully saturated rings. The van der Waals surface area contributed by atoms with E-state index >= 15 is 0 Å². The summed E-state index contributed by atoms with van der Waals surface area (Å²) in [5, 5.41) is 12.2. The van der Waals surface area contributed by atoms with Crippen molar-refractivity contribution >= 4 is 11.9 Å². The van der Waals surface area contributed by atoms with Gasteiger partial charge in [0.2, 0.25) is 5.91 Å². The van der Waals surface area contributed by atoms with E-state index in [9.17, 15) is 9.59 Å². The summed E-state index contributed by atoms with van der Waals surface area (Å²) >= 11 is 0. The third-order valence-electron chi connectivity index (χ3n) is 4.40. The zero-order valence-corrected chi connectivity index (χ0v) is 14.8. The molecule has 25 heavy (non-hydrogen) atoms. The molecule has 1 saturated heterocycles. The summed E-state index contributed by atoms with van der Waals surface area (Å²) < 4.78 is 1.80. The van der Waals surface area contributed by atoms with Crippen molar-refractivity contribution in [3.8, 4) is 12.3 Å². The lowest BCUT2D eigenvalue weighted by molar-refractivity contribution is -0.119. The van der Waals surface area contributed by atoms with Gasteiger partial charge in [-0.1, -0.05) is 5.92 Å². The minimum absolute atomic E-state index is 0.0931. The van der Waals surface area contributed by atoms with E-state index in [1.807, 2.05) is 19.4 Å². The summed E-state index contributed by atoms with van der Waals surface area (Å²) in [6.45, 7) is 1.63. The first kappa shape index (κ1) is 18.8. The lowest BCUT2D eigenvalue weighted by Crippen LogP contribution is -2.46. The van der Waals surface area contributed by atoms with Gasteiger partial charge in [0.25, 0.3) is 0 Å². The predicted molar refractivity (Wildman–Crippen MR) is 94.5 cm³/mol. The molecule has 3 N–H and O–H groups in total. The van der Waals surface area contributed by atoms with E-state index in [0.29, 0.717) is 12.5 Å². The number of nitrogens with one attached hydrogen (secondary N) is 3. The SMILES string of the molecule is C#CCNC(=O)CNC(=O)NCC1CCCN(C)C1c1cnn(C)c1. The summed E-state index contributed by atoms with van der Waals surface area (Å²) in [7, 11) is 4.00. The second-order valence-electron chi connectivity index (χ2n) is 6.32. The predicted octanol–water partition coefficient (Wildman–Crippen LogP) is -0.148. The Morgan fingerprint density at radius 2 is 2.16 bits per heavy atom. The number of nitrogens with zero attached hydrogens (tertiary/aromatic N) is 3. The zero-order chi connectivity index (χ0) is 18.2. The van der Waals surface area contributed by atoms with Gasteiger partial charge < -0.3 is 16.0 Å². The van der Waals surface area contributed by atoms with Crippen molar-refractivity contribution in [2.45, 2.75) is 18.9 Å². The molecule has 2 atom stereocenters. The van der Waals surface area contributed by atoms with Crippen molar-refractivity contribution in [3.63, 3.8) is 0 Å². The number of likely N-dealkylation sites (tertiary alicyclic amines) is 1. The van der Waals surface area contributed by atoms with Crippen LogP contribution in [-0.4, -0.2) is 59.8 Å². The van der Waals surface area contributed by atoms with Crippen molar-refractivity contribution in [2.75, 3.05) is 33.2 Å². The summed E-state index contributed by atoms with van der Waals surface area (Å²) in [4.78, 5) is 25.7. The highest BCUT2D eigenvalue weighted by Gasteiger charge is 2.31. The van der Waals surface area contributed by atoms with E-state index in [2.05, 4.69) is 38.9 Å². The van der Waals surface area contributed by atoms with Gasteiger partial charge in [0.05, 0.1) is 19.3 Å². The maximum absolute atomic E-state index is 11.9. The molecule has 0 aromatic carbocycles. The number of carbonyl (C=O) groups excluding carboxylic acids is 2. The Hall–Kier alpha value is -2.53. The molecule has 0 bridgehead atoms. The Kier molecular flexibility index (Phi) is 6.83. The van der Waals surface area contributed by atoms with Crippen LogP contribution in [-0.2, 0) is 11.8 Å². The second kappa shape index (κ2) is 9.08. The molecule has 2 unspecified atom stereocenters. The molecule has 8 heteroatoms. The van der Waals surface area contributed by atoms with Crippen LogP contribution in [0, 0.1) is 18.3 Å². The molecule has 3 amide bonds. The number of aromatic nitrogens is 2. The van der Waals surface area contributed by atoms with Gasteiger partial charge in [-0.2, -0.15) is 5.10 Å². The third kappa shape index (κ3) is 5.50. The number of amides is 3. The Bertz CT molecular complexity index is 635. The monoisotopic (exact) mass is 346 g/mol. The van der Waals surface area contributed by atoms with E-state index in [4.69, 9.17) is 6.42 Å². The van der Waals surface area contributed by atoms with Gasteiger partial charge in [0, 0.05) is 31.4 Å². The van der Waals surface area contributed by atoms with Gasteiger partial charge in [-0.3, -0.25) is 14.4 Å². The number of aryl methyl sites for hydroxylation is 1. The highest BCUT2D eigenvalue weighted by molar-refractivity contribution is 5.83. The number of hydrogen-bond acceptors (Lipinski definition) is 4. The summed E-state index contributed by atoms with van der Waals surface area (Å²) in [6.07, 6.45) is 11.1. The van der Waals surface area contributed by atoms with E-state index in [0.717, 1.165) is 24.9 Å². The smallest absolute Gasteiger partial charge is 0.315 e. The lowest BCUT2D eigenvalue weighted by Gasteiger charge is -2.38. The largest absolute Gasteiger partial charge is 0.344 e.